The minimum absolute atomic E-state index is 0.554. The standard InChI is InChI=1S/C7H7N3OS/c8-3-5-1-2-6(12-5)7-10-9-4-11-7/h1-2,4H,3,8H2. The van der Waals surface area contributed by atoms with E-state index < -0.39 is 0 Å². The normalized spacial score (nSPS) is 10.4. The maximum atomic E-state index is 5.46. The van der Waals surface area contributed by atoms with Gasteiger partial charge in [0.05, 0.1) is 4.88 Å². The highest BCUT2D eigenvalue weighted by molar-refractivity contribution is 7.15. The van der Waals surface area contributed by atoms with Gasteiger partial charge in [0.1, 0.15) is 0 Å². The third-order valence-electron chi connectivity index (χ3n) is 1.43. The minimum atomic E-state index is 0.554. The van der Waals surface area contributed by atoms with Gasteiger partial charge in [-0.05, 0) is 12.1 Å². The van der Waals surface area contributed by atoms with Crippen molar-refractivity contribution >= 4 is 11.3 Å². The number of hydrogen-bond acceptors (Lipinski definition) is 5. The first-order chi connectivity index (χ1) is 5.90. The summed E-state index contributed by atoms with van der Waals surface area (Å²) in [5.74, 6) is 0.555. The fourth-order valence-corrected chi connectivity index (χ4v) is 1.70. The Morgan fingerprint density at radius 1 is 1.50 bits per heavy atom. The van der Waals surface area contributed by atoms with Crippen LogP contribution in [0.1, 0.15) is 4.88 Å². The number of aromatic nitrogens is 2. The molecule has 62 valence electrons. The molecule has 4 nitrogen and oxygen atoms in total. The molecule has 2 N–H and O–H groups in total. The highest BCUT2D eigenvalue weighted by Gasteiger charge is 2.05. The van der Waals surface area contributed by atoms with Gasteiger partial charge < -0.3 is 10.2 Å². The second-order valence-corrected chi connectivity index (χ2v) is 3.38. The molecule has 5 heteroatoms. The zero-order chi connectivity index (χ0) is 8.39. The molecule has 0 amide bonds. The lowest BCUT2D eigenvalue weighted by Crippen LogP contribution is -1.90. The van der Waals surface area contributed by atoms with Crippen molar-refractivity contribution in [1.29, 1.82) is 0 Å². The second kappa shape index (κ2) is 3.04. The minimum Gasteiger partial charge on any atom is -0.423 e. The average molecular weight is 181 g/mol. The summed E-state index contributed by atoms with van der Waals surface area (Å²) in [6.07, 6.45) is 1.32. The smallest absolute Gasteiger partial charge is 0.257 e. The van der Waals surface area contributed by atoms with E-state index in [2.05, 4.69) is 10.2 Å². The van der Waals surface area contributed by atoms with Crippen molar-refractivity contribution < 1.29 is 4.42 Å². The second-order valence-electron chi connectivity index (χ2n) is 2.21. The van der Waals surface area contributed by atoms with E-state index >= 15 is 0 Å². The van der Waals surface area contributed by atoms with Crippen LogP contribution in [0, 0.1) is 0 Å². The highest BCUT2D eigenvalue weighted by Crippen LogP contribution is 2.25. The summed E-state index contributed by atoms with van der Waals surface area (Å²) in [4.78, 5) is 2.08. The zero-order valence-corrected chi connectivity index (χ0v) is 7.04. The molecule has 0 unspecified atom stereocenters. The van der Waals surface area contributed by atoms with E-state index in [0.717, 1.165) is 9.75 Å². The molecule has 0 aliphatic heterocycles. The van der Waals surface area contributed by atoms with E-state index in [-0.39, 0.29) is 0 Å². The Labute approximate surface area is 73.0 Å². The van der Waals surface area contributed by atoms with Crippen LogP contribution < -0.4 is 5.73 Å². The topological polar surface area (TPSA) is 64.9 Å². The number of rotatable bonds is 2. The van der Waals surface area contributed by atoms with Gasteiger partial charge in [0.2, 0.25) is 6.39 Å². The molecule has 0 atom stereocenters. The predicted octanol–water partition coefficient (Wildman–Crippen LogP) is 1.26. The summed E-state index contributed by atoms with van der Waals surface area (Å²) < 4.78 is 5.02. The van der Waals surface area contributed by atoms with Crippen molar-refractivity contribution in [1.82, 2.24) is 10.2 Å². The first kappa shape index (κ1) is 7.45. The average Bonchev–Trinajstić information content (AvgIpc) is 2.75. The molecule has 2 rings (SSSR count). The molecule has 2 heterocycles. The summed E-state index contributed by atoms with van der Waals surface area (Å²) in [6, 6.07) is 3.89. The van der Waals surface area contributed by atoms with Crippen LogP contribution in [-0.2, 0) is 6.54 Å². The summed E-state index contributed by atoms with van der Waals surface area (Å²) >= 11 is 1.57. The van der Waals surface area contributed by atoms with Crippen LogP contribution >= 0.6 is 11.3 Å². The van der Waals surface area contributed by atoms with Crippen LogP contribution in [0.2, 0.25) is 0 Å². The number of thiophene rings is 1. The molecule has 0 spiro atoms. The number of nitrogens with zero attached hydrogens (tertiary/aromatic N) is 2. The molecular weight excluding hydrogens is 174 g/mol. The molecule has 0 fully saturated rings. The monoisotopic (exact) mass is 181 g/mol. The third kappa shape index (κ3) is 1.24. The molecular formula is C7H7N3OS. The van der Waals surface area contributed by atoms with Crippen LogP contribution in [0.25, 0.3) is 10.8 Å². The van der Waals surface area contributed by atoms with Gasteiger partial charge in [0.25, 0.3) is 5.89 Å². The predicted molar refractivity (Wildman–Crippen MR) is 45.5 cm³/mol. The van der Waals surface area contributed by atoms with Gasteiger partial charge in [-0.1, -0.05) is 0 Å². The van der Waals surface area contributed by atoms with Crippen LogP contribution in [0.3, 0.4) is 0 Å². The molecule has 0 radical (unpaired) electrons. The first-order valence-electron chi connectivity index (χ1n) is 3.45. The van der Waals surface area contributed by atoms with E-state index in [4.69, 9.17) is 10.2 Å². The van der Waals surface area contributed by atoms with E-state index in [0.29, 0.717) is 12.4 Å². The van der Waals surface area contributed by atoms with Gasteiger partial charge in [-0.15, -0.1) is 21.5 Å². The van der Waals surface area contributed by atoms with Crippen molar-refractivity contribution in [3.63, 3.8) is 0 Å². The fraction of sp³-hybridized carbons (Fsp3) is 0.143. The van der Waals surface area contributed by atoms with Crippen molar-refractivity contribution in [2.24, 2.45) is 5.73 Å². The molecule has 2 aromatic heterocycles. The van der Waals surface area contributed by atoms with Gasteiger partial charge in [-0.25, -0.2) is 0 Å². The molecule has 0 aliphatic carbocycles. The molecule has 0 saturated heterocycles. The molecule has 0 aliphatic rings. The van der Waals surface area contributed by atoms with Crippen LogP contribution in [0.4, 0.5) is 0 Å². The van der Waals surface area contributed by atoms with Crippen LogP contribution in [0.15, 0.2) is 22.9 Å². The number of hydrogen-bond donors (Lipinski definition) is 1. The van der Waals surface area contributed by atoms with Crippen molar-refractivity contribution in [2.45, 2.75) is 6.54 Å². The van der Waals surface area contributed by atoms with Crippen LogP contribution in [-0.4, -0.2) is 10.2 Å². The Hall–Kier alpha value is -1.20. The van der Waals surface area contributed by atoms with Gasteiger partial charge >= 0.3 is 0 Å². The Balaban J connectivity index is 2.35. The molecule has 0 saturated carbocycles. The Kier molecular flexibility index (Phi) is 1.89. The number of nitrogens with two attached hydrogens (primary N) is 1. The van der Waals surface area contributed by atoms with E-state index in [1.165, 1.54) is 6.39 Å². The highest BCUT2D eigenvalue weighted by atomic mass is 32.1. The van der Waals surface area contributed by atoms with Crippen molar-refractivity contribution in [3.05, 3.63) is 23.4 Å². The van der Waals surface area contributed by atoms with Crippen molar-refractivity contribution in [2.75, 3.05) is 0 Å². The molecule has 0 aromatic carbocycles. The van der Waals surface area contributed by atoms with Gasteiger partial charge in [0, 0.05) is 11.4 Å². The summed E-state index contributed by atoms with van der Waals surface area (Å²) in [5.41, 5.74) is 5.46. The summed E-state index contributed by atoms with van der Waals surface area (Å²) in [7, 11) is 0. The molecule has 0 bridgehead atoms. The Morgan fingerprint density at radius 2 is 2.42 bits per heavy atom. The fourth-order valence-electron chi connectivity index (χ4n) is 0.883. The summed E-state index contributed by atoms with van der Waals surface area (Å²) in [6.45, 7) is 0.554. The Morgan fingerprint density at radius 3 is 3.00 bits per heavy atom. The van der Waals surface area contributed by atoms with Gasteiger partial charge in [-0.3, -0.25) is 0 Å². The quantitative estimate of drug-likeness (QED) is 0.757. The lowest BCUT2D eigenvalue weighted by molar-refractivity contribution is 0.570. The largest absolute Gasteiger partial charge is 0.423 e. The van der Waals surface area contributed by atoms with E-state index in [1.807, 2.05) is 12.1 Å². The van der Waals surface area contributed by atoms with E-state index in [1.54, 1.807) is 11.3 Å². The Bertz CT molecular complexity index is 354. The first-order valence-corrected chi connectivity index (χ1v) is 4.27. The van der Waals surface area contributed by atoms with Crippen LogP contribution in [0.5, 0.6) is 0 Å². The lowest BCUT2D eigenvalue weighted by atomic mass is 10.4. The van der Waals surface area contributed by atoms with Gasteiger partial charge in [-0.2, -0.15) is 0 Å². The maximum Gasteiger partial charge on any atom is 0.257 e. The lowest BCUT2D eigenvalue weighted by Gasteiger charge is -1.85. The van der Waals surface area contributed by atoms with Gasteiger partial charge in [0.15, 0.2) is 0 Å². The third-order valence-corrected chi connectivity index (χ3v) is 2.53. The molecule has 2 aromatic rings. The summed E-state index contributed by atoms with van der Waals surface area (Å²) in [5, 5.41) is 7.38. The zero-order valence-electron chi connectivity index (χ0n) is 6.23. The SMILES string of the molecule is NCc1ccc(-c2nnco2)s1. The maximum absolute atomic E-state index is 5.46. The molecule has 12 heavy (non-hydrogen) atoms. The van der Waals surface area contributed by atoms with Crippen molar-refractivity contribution in [3.8, 4) is 10.8 Å². The van der Waals surface area contributed by atoms with E-state index in [9.17, 15) is 0 Å².